The first kappa shape index (κ1) is 38.2. The van der Waals surface area contributed by atoms with Gasteiger partial charge in [0.25, 0.3) is 0 Å². The van der Waals surface area contributed by atoms with Gasteiger partial charge >= 0.3 is 0 Å². The molecule has 14 nitrogen and oxygen atoms in total. The predicted octanol–water partition coefficient (Wildman–Crippen LogP) is 5.00. The molecule has 8 heterocycles. The zero-order valence-electron chi connectivity index (χ0n) is 34.2. The van der Waals surface area contributed by atoms with Gasteiger partial charge in [-0.25, -0.2) is 0 Å². The second-order valence-electron chi connectivity index (χ2n) is 18.2. The summed E-state index contributed by atoms with van der Waals surface area (Å²) in [6, 6.07) is 0.169. The molecule has 0 bridgehead atoms. The van der Waals surface area contributed by atoms with E-state index >= 15 is 0 Å². The molecule has 0 unspecified atom stereocenters. The van der Waals surface area contributed by atoms with Crippen molar-refractivity contribution >= 4 is 41.6 Å². The molecule has 6 saturated heterocycles. The van der Waals surface area contributed by atoms with Crippen molar-refractivity contribution in [3.63, 3.8) is 0 Å². The van der Waals surface area contributed by atoms with Crippen molar-refractivity contribution in [3.8, 4) is 0 Å². The van der Waals surface area contributed by atoms with Crippen LogP contribution in [0.15, 0.2) is 0 Å². The monoisotopic (exact) mass is 758 g/mol. The molecule has 2 aromatic rings. The summed E-state index contributed by atoms with van der Waals surface area (Å²) in [6.07, 6.45) is 12.8. The molecule has 0 atom stereocenters. The molecule has 302 valence electrons. The van der Waals surface area contributed by atoms with Crippen LogP contribution in [0.25, 0.3) is 0 Å². The molecular formula is C41H67N13O. The van der Waals surface area contributed by atoms with Crippen molar-refractivity contribution in [3.05, 3.63) is 0 Å². The van der Waals surface area contributed by atoms with Crippen LogP contribution in [0, 0.1) is 29.6 Å². The Bertz CT molecular complexity index is 1480. The molecule has 1 amide bonds. The van der Waals surface area contributed by atoms with E-state index in [9.17, 15) is 4.79 Å². The van der Waals surface area contributed by atoms with Gasteiger partial charge in [-0.2, -0.15) is 29.9 Å². The summed E-state index contributed by atoms with van der Waals surface area (Å²) in [5, 5.41) is 3.45. The van der Waals surface area contributed by atoms with E-state index in [-0.39, 0.29) is 17.9 Å². The van der Waals surface area contributed by atoms with Crippen molar-refractivity contribution in [2.45, 2.75) is 111 Å². The Balaban J connectivity index is 0.869. The molecule has 0 aromatic carbocycles. The van der Waals surface area contributed by atoms with Gasteiger partial charge in [-0.1, -0.05) is 27.7 Å². The molecule has 6 aliphatic heterocycles. The number of nitrogens with zero attached hydrogens (tertiary/aromatic N) is 12. The van der Waals surface area contributed by atoms with Gasteiger partial charge in [-0.3, -0.25) is 4.79 Å². The van der Waals surface area contributed by atoms with E-state index in [1.807, 2.05) is 0 Å². The zero-order chi connectivity index (χ0) is 37.9. The predicted molar refractivity (Wildman–Crippen MR) is 220 cm³/mol. The van der Waals surface area contributed by atoms with Gasteiger partial charge in [-0.15, -0.1) is 0 Å². The third-order valence-electron chi connectivity index (χ3n) is 13.7. The van der Waals surface area contributed by atoms with E-state index in [4.69, 9.17) is 29.9 Å². The Labute approximate surface area is 329 Å². The van der Waals surface area contributed by atoms with Crippen LogP contribution in [0.3, 0.4) is 0 Å². The van der Waals surface area contributed by atoms with Crippen LogP contribution < -0.4 is 34.7 Å². The third-order valence-corrected chi connectivity index (χ3v) is 13.7. The first-order valence-corrected chi connectivity index (χ1v) is 22.1. The van der Waals surface area contributed by atoms with Crippen LogP contribution in [0.5, 0.6) is 0 Å². The lowest BCUT2D eigenvalue weighted by molar-refractivity contribution is -0.126. The highest BCUT2D eigenvalue weighted by atomic mass is 16.2. The summed E-state index contributed by atoms with van der Waals surface area (Å²) < 4.78 is 0. The topological polar surface area (TPSA) is 126 Å². The van der Waals surface area contributed by atoms with Gasteiger partial charge in [0.15, 0.2) is 0 Å². The fourth-order valence-corrected chi connectivity index (χ4v) is 9.25. The van der Waals surface area contributed by atoms with Crippen LogP contribution >= 0.6 is 0 Å². The number of aromatic nitrogens is 6. The maximum absolute atomic E-state index is 13.7. The number of nitrogens with one attached hydrogen (secondary N) is 1. The first-order chi connectivity index (χ1) is 26.7. The Morgan fingerprint density at radius 1 is 0.382 bits per heavy atom. The second kappa shape index (κ2) is 17.2. The molecule has 6 aliphatic rings. The lowest BCUT2D eigenvalue weighted by Gasteiger charge is -2.37. The summed E-state index contributed by atoms with van der Waals surface area (Å²) >= 11 is 0. The first-order valence-electron chi connectivity index (χ1n) is 22.1. The van der Waals surface area contributed by atoms with Crippen molar-refractivity contribution in [1.29, 1.82) is 0 Å². The number of piperidine rings is 6. The van der Waals surface area contributed by atoms with Crippen LogP contribution in [0.1, 0.15) is 105 Å². The minimum absolute atomic E-state index is 0.00962. The van der Waals surface area contributed by atoms with Gasteiger partial charge in [0, 0.05) is 90.5 Å². The van der Waals surface area contributed by atoms with Crippen LogP contribution in [-0.4, -0.2) is 120 Å². The fraction of sp³-hybridized carbons (Fsp3) is 0.829. The van der Waals surface area contributed by atoms with E-state index in [2.05, 4.69) is 62.4 Å². The van der Waals surface area contributed by atoms with Gasteiger partial charge in [0.1, 0.15) is 0 Å². The van der Waals surface area contributed by atoms with Crippen molar-refractivity contribution in [2.75, 3.05) is 108 Å². The molecule has 55 heavy (non-hydrogen) atoms. The highest BCUT2D eigenvalue weighted by molar-refractivity contribution is 5.79. The summed E-state index contributed by atoms with van der Waals surface area (Å²) in [7, 11) is 0. The molecule has 0 aliphatic carbocycles. The molecule has 2 aromatic heterocycles. The van der Waals surface area contributed by atoms with E-state index in [0.29, 0.717) is 0 Å². The molecule has 6 fully saturated rings. The van der Waals surface area contributed by atoms with Crippen LogP contribution in [-0.2, 0) is 4.79 Å². The Kier molecular flexibility index (Phi) is 11.9. The van der Waals surface area contributed by atoms with Gasteiger partial charge < -0.3 is 34.7 Å². The Hall–Kier alpha value is -3.71. The average molecular weight is 758 g/mol. The molecule has 14 heteroatoms. The SMILES string of the molecule is CC1CCN(c2nc(N3CCC(C)CC3)nc(N3CCC(NC(=O)C4CCN(c5nc(N6CCC(C)CC6)nc(N6CCC(C)CC6)n5)CC4)CC3)n2)CC1. The number of rotatable bonds is 8. The number of hydrogen-bond donors (Lipinski definition) is 1. The quantitative estimate of drug-likeness (QED) is 0.389. The highest BCUT2D eigenvalue weighted by Crippen LogP contribution is 2.30. The van der Waals surface area contributed by atoms with Gasteiger partial charge in [0.05, 0.1) is 0 Å². The summed E-state index contributed by atoms with van der Waals surface area (Å²) in [4.78, 5) is 58.1. The molecule has 0 radical (unpaired) electrons. The van der Waals surface area contributed by atoms with Gasteiger partial charge in [0.2, 0.25) is 41.6 Å². The lowest BCUT2D eigenvalue weighted by atomic mass is 9.95. The zero-order valence-corrected chi connectivity index (χ0v) is 34.2. The number of anilines is 6. The van der Waals surface area contributed by atoms with Crippen LogP contribution in [0.2, 0.25) is 0 Å². The lowest BCUT2D eigenvalue weighted by Crippen LogP contribution is -2.48. The van der Waals surface area contributed by atoms with Crippen molar-refractivity contribution in [2.24, 2.45) is 29.6 Å². The molecule has 0 saturated carbocycles. The van der Waals surface area contributed by atoms with Crippen molar-refractivity contribution < 1.29 is 4.79 Å². The van der Waals surface area contributed by atoms with E-state index in [1.165, 1.54) is 51.4 Å². The minimum Gasteiger partial charge on any atom is -0.353 e. The van der Waals surface area contributed by atoms with Gasteiger partial charge in [-0.05, 0) is 101 Å². The number of carbonyl (C=O) groups is 1. The maximum Gasteiger partial charge on any atom is 0.231 e. The molecular weight excluding hydrogens is 691 g/mol. The fourth-order valence-electron chi connectivity index (χ4n) is 9.25. The largest absolute Gasteiger partial charge is 0.353 e. The van der Waals surface area contributed by atoms with E-state index in [0.717, 1.165) is 164 Å². The van der Waals surface area contributed by atoms with E-state index < -0.39 is 0 Å². The highest BCUT2D eigenvalue weighted by Gasteiger charge is 2.32. The third kappa shape index (κ3) is 9.30. The second-order valence-corrected chi connectivity index (χ2v) is 18.2. The Morgan fingerprint density at radius 3 is 0.855 bits per heavy atom. The number of amides is 1. The summed E-state index contributed by atoms with van der Waals surface area (Å²) in [6.45, 7) is 20.6. The smallest absolute Gasteiger partial charge is 0.231 e. The Morgan fingerprint density at radius 2 is 0.600 bits per heavy atom. The van der Waals surface area contributed by atoms with Crippen LogP contribution in [0.4, 0.5) is 35.7 Å². The molecule has 8 rings (SSSR count). The van der Waals surface area contributed by atoms with Crippen molar-refractivity contribution in [1.82, 2.24) is 35.2 Å². The maximum atomic E-state index is 13.7. The summed E-state index contributed by atoms with van der Waals surface area (Å²) in [5.41, 5.74) is 0. The average Bonchev–Trinajstić information content (AvgIpc) is 3.22. The minimum atomic E-state index is 0.00962. The normalized spacial score (nSPS) is 23.9. The molecule has 1 N–H and O–H groups in total. The van der Waals surface area contributed by atoms with E-state index in [1.54, 1.807) is 0 Å². The number of carbonyl (C=O) groups excluding carboxylic acids is 1. The standard InChI is InChI=1S/C41H67N13O/c1-29-5-17-49(18-6-29)36-43-37(50-19-7-30(2)8-20-50)46-40(45-36)53-25-13-33(14-26-53)35(55)42-34-15-27-54(28-16-34)41-47-38(51-21-9-31(3)10-22-51)44-39(48-41)52-23-11-32(4)12-24-52/h29-34H,5-28H2,1-4H3,(H,42,55). The molecule has 0 spiro atoms. The number of hydrogen-bond acceptors (Lipinski definition) is 13. The summed E-state index contributed by atoms with van der Waals surface area (Å²) in [5.74, 6) is 8.09.